The van der Waals surface area contributed by atoms with E-state index in [1.54, 1.807) is 7.11 Å². The third-order valence-corrected chi connectivity index (χ3v) is 4.49. The van der Waals surface area contributed by atoms with Crippen molar-refractivity contribution in [2.45, 2.75) is 11.9 Å². The number of carbonyl (C=O) groups excluding carboxylic acids is 1. The molecule has 1 amide bonds. The standard InChI is InChI=1S/C18H17N3O2S/c1-12-18(21-14-8-4-3-7-13(14)19-12)24-11-17(22)20-15-9-5-6-10-16(15)23-2/h3-10H,11H2,1-2H3,(H,20,22). The van der Waals surface area contributed by atoms with Gasteiger partial charge in [-0.05, 0) is 31.2 Å². The largest absolute Gasteiger partial charge is 0.495 e. The molecule has 1 N–H and O–H groups in total. The number of hydrogen-bond acceptors (Lipinski definition) is 5. The summed E-state index contributed by atoms with van der Waals surface area (Å²) in [6.07, 6.45) is 0. The average Bonchev–Trinajstić information content (AvgIpc) is 2.60. The van der Waals surface area contributed by atoms with Gasteiger partial charge in [-0.2, -0.15) is 0 Å². The van der Waals surface area contributed by atoms with Gasteiger partial charge in [0.15, 0.2) is 0 Å². The van der Waals surface area contributed by atoms with Crippen molar-refractivity contribution < 1.29 is 9.53 Å². The van der Waals surface area contributed by atoms with Crippen molar-refractivity contribution in [2.75, 3.05) is 18.2 Å². The Hall–Kier alpha value is -2.60. The molecule has 0 radical (unpaired) electrons. The fourth-order valence-electron chi connectivity index (χ4n) is 2.28. The van der Waals surface area contributed by atoms with Gasteiger partial charge in [-0.25, -0.2) is 9.97 Å². The molecule has 0 unspecified atom stereocenters. The maximum absolute atomic E-state index is 12.2. The molecule has 3 rings (SSSR count). The summed E-state index contributed by atoms with van der Waals surface area (Å²) in [6, 6.07) is 15.0. The number of aryl methyl sites for hydroxylation is 1. The van der Waals surface area contributed by atoms with E-state index in [2.05, 4.69) is 15.3 Å². The lowest BCUT2D eigenvalue weighted by atomic mass is 10.3. The molecule has 5 nitrogen and oxygen atoms in total. The van der Waals surface area contributed by atoms with E-state index in [4.69, 9.17) is 4.74 Å². The number of rotatable bonds is 5. The minimum absolute atomic E-state index is 0.112. The molecular formula is C18H17N3O2S. The number of fused-ring (bicyclic) bond motifs is 1. The maximum atomic E-state index is 12.2. The average molecular weight is 339 g/mol. The van der Waals surface area contributed by atoms with Crippen LogP contribution in [0.3, 0.4) is 0 Å². The van der Waals surface area contributed by atoms with Gasteiger partial charge in [0.2, 0.25) is 5.91 Å². The Kier molecular flexibility index (Phi) is 4.96. The Morgan fingerprint density at radius 3 is 2.50 bits per heavy atom. The summed E-state index contributed by atoms with van der Waals surface area (Å²) in [5.41, 5.74) is 3.17. The molecule has 24 heavy (non-hydrogen) atoms. The van der Waals surface area contributed by atoms with E-state index in [0.29, 0.717) is 11.4 Å². The Morgan fingerprint density at radius 2 is 1.75 bits per heavy atom. The number of para-hydroxylation sites is 4. The van der Waals surface area contributed by atoms with Crippen LogP contribution < -0.4 is 10.1 Å². The summed E-state index contributed by atoms with van der Waals surface area (Å²) < 4.78 is 5.23. The van der Waals surface area contributed by atoms with Gasteiger partial charge >= 0.3 is 0 Å². The number of aromatic nitrogens is 2. The molecule has 0 aliphatic rings. The minimum Gasteiger partial charge on any atom is -0.495 e. The molecule has 0 saturated carbocycles. The van der Waals surface area contributed by atoms with E-state index in [0.717, 1.165) is 21.8 Å². The second-order valence-electron chi connectivity index (χ2n) is 5.14. The predicted octanol–water partition coefficient (Wildman–Crippen LogP) is 3.68. The van der Waals surface area contributed by atoms with Crippen LogP contribution in [-0.2, 0) is 4.79 Å². The van der Waals surface area contributed by atoms with Gasteiger partial charge in [-0.1, -0.05) is 36.0 Å². The van der Waals surface area contributed by atoms with Gasteiger partial charge in [-0.15, -0.1) is 0 Å². The van der Waals surface area contributed by atoms with Crippen molar-refractivity contribution in [1.29, 1.82) is 0 Å². The Morgan fingerprint density at radius 1 is 1.08 bits per heavy atom. The summed E-state index contributed by atoms with van der Waals surface area (Å²) in [5.74, 6) is 0.780. The zero-order chi connectivity index (χ0) is 16.9. The first-order valence-corrected chi connectivity index (χ1v) is 8.45. The highest BCUT2D eigenvalue weighted by molar-refractivity contribution is 8.00. The molecular weight excluding hydrogens is 322 g/mol. The molecule has 3 aromatic rings. The molecule has 0 atom stereocenters. The van der Waals surface area contributed by atoms with Crippen molar-refractivity contribution in [1.82, 2.24) is 9.97 Å². The first-order valence-electron chi connectivity index (χ1n) is 7.46. The van der Waals surface area contributed by atoms with E-state index in [9.17, 15) is 4.79 Å². The number of nitrogens with zero attached hydrogens (tertiary/aromatic N) is 2. The highest BCUT2D eigenvalue weighted by Crippen LogP contribution is 2.25. The Balaban J connectivity index is 1.69. The van der Waals surface area contributed by atoms with Crippen LogP contribution in [0.2, 0.25) is 0 Å². The summed E-state index contributed by atoms with van der Waals surface area (Å²) in [6.45, 7) is 1.90. The van der Waals surface area contributed by atoms with Crippen LogP contribution in [-0.4, -0.2) is 28.7 Å². The number of nitrogens with one attached hydrogen (secondary N) is 1. The van der Waals surface area contributed by atoms with Gasteiger partial charge in [0.05, 0.1) is 35.3 Å². The van der Waals surface area contributed by atoms with E-state index in [1.807, 2.05) is 55.5 Å². The van der Waals surface area contributed by atoms with E-state index in [-0.39, 0.29) is 11.7 Å². The first-order chi connectivity index (χ1) is 11.7. The lowest BCUT2D eigenvalue weighted by Crippen LogP contribution is -2.15. The highest BCUT2D eigenvalue weighted by Gasteiger charge is 2.10. The summed E-state index contributed by atoms with van der Waals surface area (Å²) >= 11 is 1.38. The topological polar surface area (TPSA) is 64.1 Å². The van der Waals surface area contributed by atoms with Crippen molar-refractivity contribution in [3.05, 3.63) is 54.2 Å². The summed E-state index contributed by atoms with van der Waals surface area (Å²) in [5, 5.41) is 3.62. The molecule has 0 fully saturated rings. The normalized spacial score (nSPS) is 10.6. The van der Waals surface area contributed by atoms with E-state index >= 15 is 0 Å². The van der Waals surface area contributed by atoms with Crippen LogP contribution >= 0.6 is 11.8 Å². The zero-order valence-corrected chi connectivity index (χ0v) is 14.3. The Bertz CT molecular complexity index is 883. The highest BCUT2D eigenvalue weighted by atomic mass is 32.2. The second kappa shape index (κ2) is 7.31. The molecule has 1 aromatic heterocycles. The smallest absolute Gasteiger partial charge is 0.234 e. The Labute approximate surface area is 144 Å². The van der Waals surface area contributed by atoms with Crippen LogP contribution in [0, 0.1) is 6.92 Å². The lowest BCUT2D eigenvalue weighted by Gasteiger charge is -2.10. The number of amides is 1. The monoisotopic (exact) mass is 339 g/mol. The SMILES string of the molecule is COc1ccccc1NC(=O)CSc1nc2ccccc2nc1C. The quantitative estimate of drug-likeness (QED) is 0.719. The fourth-order valence-corrected chi connectivity index (χ4v) is 3.03. The van der Waals surface area contributed by atoms with Crippen LogP contribution in [0.5, 0.6) is 5.75 Å². The number of thioether (sulfide) groups is 1. The van der Waals surface area contributed by atoms with Crippen molar-refractivity contribution >= 4 is 34.4 Å². The van der Waals surface area contributed by atoms with Crippen LogP contribution in [0.4, 0.5) is 5.69 Å². The van der Waals surface area contributed by atoms with Crippen LogP contribution in [0.15, 0.2) is 53.6 Å². The molecule has 0 saturated heterocycles. The number of anilines is 1. The van der Waals surface area contributed by atoms with Gasteiger partial charge < -0.3 is 10.1 Å². The van der Waals surface area contributed by atoms with E-state index < -0.39 is 0 Å². The van der Waals surface area contributed by atoms with Gasteiger partial charge in [-0.3, -0.25) is 4.79 Å². The van der Waals surface area contributed by atoms with Crippen LogP contribution in [0.1, 0.15) is 5.69 Å². The maximum Gasteiger partial charge on any atom is 0.234 e. The number of carbonyl (C=O) groups is 1. The molecule has 1 heterocycles. The zero-order valence-electron chi connectivity index (χ0n) is 13.4. The molecule has 0 aliphatic carbocycles. The van der Waals surface area contributed by atoms with Crippen molar-refractivity contribution in [3.63, 3.8) is 0 Å². The minimum atomic E-state index is -0.112. The number of methoxy groups -OCH3 is 1. The fraction of sp³-hybridized carbons (Fsp3) is 0.167. The third-order valence-electron chi connectivity index (χ3n) is 3.42. The van der Waals surface area contributed by atoms with Crippen molar-refractivity contribution in [3.8, 4) is 5.75 Å². The predicted molar refractivity (Wildman–Crippen MR) is 96.6 cm³/mol. The molecule has 0 aliphatic heterocycles. The molecule has 122 valence electrons. The molecule has 0 bridgehead atoms. The molecule has 6 heteroatoms. The van der Waals surface area contributed by atoms with Crippen molar-refractivity contribution in [2.24, 2.45) is 0 Å². The number of ether oxygens (including phenoxy) is 1. The number of benzene rings is 2. The van der Waals surface area contributed by atoms with E-state index in [1.165, 1.54) is 11.8 Å². The molecule has 0 spiro atoms. The number of hydrogen-bond donors (Lipinski definition) is 1. The molecule has 2 aromatic carbocycles. The summed E-state index contributed by atoms with van der Waals surface area (Å²) in [7, 11) is 1.58. The summed E-state index contributed by atoms with van der Waals surface area (Å²) in [4.78, 5) is 21.3. The first kappa shape index (κ1) is 16.3. The second-order valence-corrected chi connectivity index (χ2v) is 6.10. The third kappa shape index (κ3) is 3.65. The lowest BCUT2D eigenvalue weighted by molar-refractivity contribution is -0.113. The van der Waals surface area contributed by atoms with Gasteiger partial charge in [0, 0.05) is 0 Å². The van der Waals surface area contributed by atoms with Gasteiger partial charge in [0.25, 0.3) is 0 Å². The van der Waals surface area contributed by atoms with Gasteiger partial charge in [0.1, 0.15) is 10.8 Å². The van der Waals surface area contributed by atoms with Crippen LogP contribution in [0.25, 0.3) is 11.0 Å².